The molecule has 0 aliphatic carbocycles. The first-order valence-electron chi connectivity index (χ1n) is 8.08. The van der Waals surface area contributed by atoms with Gasteiger partial charge in [-0.05, 0) is 44.2 Å². The number of hydrogen-bond acceptors (Lipinski definition) is 6. The van der Waals surface area contributed by atoms with Crippen LogP contribution in [-0.4, -0.2) is 23.0 Å². The number of ether oxygens (including phenoxy) is 1. The molecule has 0 amide bonds. The fraction of sp³-hybridized carbons (Fsp3) is 0.294. The maximum Gasteiger partial charge on any atom is 0.361 e. The molecule has 1 N–H and O–H groups in total. The maximum absolute atomic E-state index is 12.6. The second-order valence-electron chi connectivity index (χ2n) is 5.32. The molecule has 2 atom stereocenters. The first-order chi connectivity index (χ1) is 12.8. The third kappa shape index (κ3) is 5.78. The van der Waals surface area contributed by atoms with Crippen LogP contribution in [0.4, 0.5) is 5.69 Å². The highest BCUT2D eigenvalue weighted by Crippen LogP contribution is 2.59. The van der Waals surface area contributed by atoms with Crippen LogP contribution in [0.15, 0.2) is 52.3 Å². The second kappa shape index (κ2) is 9.68. The third-order valence-corrected chi connectivity index (χ3v) is 6.45. The SMILES string of the molecule is CCOC(c1cc([N+](=O)[O-])ccc1Sc1ccc(Cl)cc1)P(=O)(O)OCC. The molecule has 2 unspecified atom stereocenters. The summed E-state index contributed by atoms with van der Waals surface area (Å²) in [5.74, 6) is -1.34. The van der Waals surface area contributed by atoms with Gasteiger partial charge in [0.2, 0.25) is 0 Å². The van der Waals surface area contributed by atoms with Crippen molar-refractivity contribution in [2.75, 3.05) is 13.2 Å². The first-order valence-corrected chi connectivity index (χ1v) is 10.9. The van der Waals surface area contributed by atoms with E-state index in [0.717, 1.165) is 4.90 Å². The Morgan fingerprint density at radius 3 is 2.44 bits per heavy atom. The molecular formula is C17H19ClNO6PS. The van der Waals surface area contributed by atoms with E-state index >= 15 is 0 Å². The fourth-order valence-corrected chi connectivity index (χ4v) is 4.90. The van der Waals surface area contributed by atoms with Crippen LogP contribution in [0.3, 0.4) is 0 Å². The van der Waals surface area contributed by atoms with Gasteiger partial charge in [-0.3, -0.25) is 14.7 Å². The molecule has 0 bridgehead atoms. The van der Waals surface area contributed by atoms with E-state index in [1.807, 2.05) is 0 Å². The molecular weight excluding hydrogens is 413 g/mol. The van der Waals surface area contributed by atoms with Crippen molar-refractivity contribution in [2.45, 2.75) is 29.5 Å². The third-order valence-electron chi connectivity index (χ3n) is 3.45. The van der Waals surface area contributed by atoms with E-state index in [-0.39, 0.29) is 24.5 Å². The number of nitrogens with zero attached hydrogens (tertiary/aromatic N) is 1. The van der Waals surface area contributed by atoms with Crippen LogP contribution < -0.4 is 0 Å². The summed E-state index contributed by atoms with van der Waals surface area (Å²) in [5, 5.41) is 11.8. The van der Waals surface area contributed by atoms with Crippen LogP contribution in [0.25, 0.3) is 0 Å². The molecule has 7 nitrogen and oxygen atoms in total. The summed E-state index contributed by atoms with van der Waals surface area (Å²) < 4.78 is 23.1. The Morgan fingerprint density at radius 1 is 1.22 bits per heavy atom. The van der Waals surface area contributed by atoms with E-state index in [2.05, 4.69) is 0 Å². The van der Waals surface area contributed by atoms with Crippen LogP contribution in [-0.2, 0) is 13.8 Å². The zero-order chi connectivity index (χ0) is 20.0. The molecule has 0 saturated heterocycles. The van der Waals surface area contributed by atoms with Crippen LogP contribution in [0, 0.1) is 10.1 Å². The van der Waals surface area contributed by atoms with Gasteiger partial charge in [0.1, 0.15) is 0 Å². The van der Waals surface area contributed by atoms with Gasteiger partial charge in [0.15, 0.2) is 5.85 Å². The Balaban J connectivity index is 2.54. The number of rotatable bonds is 9. The molecule has 0 saturated carbocycles. The molecule has 0 heterocycles. The Morgan fingerprint density at radius 2 is 1.89 bits per heavy atom. The van der Waals surface area contributed by atoms with Crippen molar-refractivity contribution in [2.24, 2.45) is 0 Å². The molecule has 2 rings (SSSR count). The smallest absolute Gasteiger partial charge is 0.361 e. The summed E-state index contributed by atoms with van der Waals surface area (Å²) in [6.45, 7) is 3.40. The summed E-state index contributed by atoms with van der Waals surface area (Å²) in [6, 6.07) is 11.1. The van der Waals surface area contributed by atoms with Crippen LogP contribution in [0.5, 0.6) is 0 Å². The number of nitro groups is 1. The molecule has 0 spiro atoms. The highest BCUT2D eigenvalue weighted by molar-refractivity contribution is 7.99. The van der Waals surface area contributed by atoms with E-state index in [4.69, 9.17) is 20.9 Å². The van der Waals surface area contributed by atoms with Gasteiger partial charge in [-0.1, -0.05) is 23.4 Å². The van der Waals surface area contributed by atoms with E-state index in [9.17, 15) is 19.6 Å². The quantitative estimate of drug-likeness (QED) is 0.311. The molecule has 2 aromatic carbocycles. The van der Waals surface area contributed by atoms with Crippen molar-refractivity contribution in [1.82, 2.24) is 0 Å². The predicted octanol–water partition coefficient (Wildman–Crippen LogP) is 5.66. The minimum atomic E-state index is -4.21. The molecule has 0 radical (unpaired) electrons. The normalized spacial score (nSPS) is 14.5. The monoisotopic (exact) mass is 431 g/mol. The van der Waals surface area contributed by atoms with Gasteiger partial charge in [0.05, 0.1) is 11.5 Å². The average molecular weight is 432 g/mol. The Bertz CT molecular complexity index is 848. The van der Waals surface area contributed by atoms with Gasteiger partial charge in [0, 0.05) is 39.1 Å². The highest BCUT2D eigenvalue weighted by Gasteiger charge is 2.37. The molecule has 0 fully saturated rings. The van der Waals surface area contributed by atoms with E-state index in [1.165, 1.54) is 30.0 Å². The molecule has 2 aromatic rings. The van der Waals surface area contributed by atoms with Crippen molar-refractivity contribution in [1.29, 1.82) is 0 Å². The Hall–Kier alpha value is -1.41. The topological polar surface area (TPSA) is 98.9 Å². The first kappa shape index (κ1) is 21.9. The summed E-state index contributed by atoms with van der Waals surface area (Å²) >= 11 is 7.18. The summed E-state index contributed by atoms with van der Waals surface area (Å²) in [7, 11) is -4.21. The Labute approximate surface area is 166 Å². The van der Waals surface area contributed by atoms with Gasteiger partial charge < -0.3 is 14.2 Å². The number of halogens is 1. The molecule has 27 heavy (non-hydrogen) atoms. The van der Waals surface area contributed by atoms with Crippen molar-refractivity contribution >= 4 is 36.6 Å². The lowest BCUT2D eigenvalue weighted by Crippen LogP contribution is -2.09. The molecule has 0 aliphatic rings. The zero-order valence-corrected chi connectivity index (χ0v) is 17.2. The fourth-order valence-electron chi connectivity index (χ4n) is 2.34. The summed E-state index contributed by atoms with van der Waals surface area (Å²) in [5.41, 5.74) is 0.0249. The van der Waals surface area contributed by atoms with Gasteiger partial charge in [-0.15, -0.1) is 0 Å². The standard InChI is InChI=1S/C17H19ClNO6PS/c1-3-24-17(26(22,23)25-4-2)15-11-13(19(20)21)7-10-16(15)27-14-8-5-12(18)6-9-14/h5-11,17H,3-4H2,1-2H3,(H,22,23). The summed E-state index contributed by atoms with van der Waals surface area (Å²) in [6.07, 6.45) is 0. The van der Waals surface area contributed by atoms with Crippen LogP contribution in [0.2, 0.25) is 5.02 Å². The summed E-state index contributed by atoms with van der Waals surface area (Å²) in [4.78, 5) is 22.3. The lowest BCUT2D eigenvalue weighted by Gasteiger charge is -2.24. The average Bonchev–Trinajstić information content (AvgIpc) is 2.62. The van der Waals surface area contributed by atoms with E-state index in [0.29, 0.717) is 9.92 Å². The van der Waals surface area contributed by atoms with Crippen LogP contribution >= 0.6 is 31.0 Å². The predicted molar refractivity (Wildman–Crippen MR) is 104 cm³/mol. The number of nitro benzene ring substituents is 1. The second-order valence-corrected chi connectivity index (χ2v) is 8.73. The molecule has 0 aromatic heterocycles. The van der Waals surface area contributed by atoms with Gasteiger partial charge in [0.25, 0.3) is 5.69 Å². The van der Waals surface area contributed by atoms with Crippen molar-refractivity contribution < 1.29 is 23.6 Å². The van der Waals surface area contributed by atoms with Gasteiger partial charge in [-0.2, -0.15) is 0 Å². The number of hydrogen-bond donors (Lipinski definition) is 1. The van der Waals surface area contributed by atoms with E-state index < -0.39 is 18.4 Å². The maximum atomic E-state index is 12.6. The minimum Gasteiger partial charge on any atom is -0.361 e. The minimum absolute atomic E-state index is 0.00589. The lowest BCUT2D eigenvalue weighted by molar-refractivity contribution is -0.385. The lowest BCUT2D eigenvalue weighted by atomic mass is 10.2. The van der Waals surface area contributed by atoms with Crippen molar-refractivity contribution in [3.63, 3.8) is 0 Å². The van der Waals surface area contributed by atoms with Gasteiger partial charge >= 0.3 is 7.60 Å². The number of non-ortho nitro benzene ring substituents is 1. The van der Waals surface area contributed by atoms with Crippen molar-refractivity contribution in [3.8, 4) is 0 Å². The van der Waals surface area contributed by atoms with Crippen LogP contribution in [0.1, 0.15) is 25.3 Å². The molecule has 10 heteroatoms. The molecule has 0 aliphatic heterocycles. The van der Waals surface area contributed by atoms with E-state index in [1.54, 1.807) is 38.1 Å². The zero-order valence-electron chi connectivity index (χ0n) is 14.7. The van der Waals surface area contributed by atoms with Crippen molar-refractivity contribution in [3.05, 3.63) is 63.2 Å². The number of benzene rings is 2. The molecule has 146 valence electrons. The highest BCUT2D eigenvalue weighted by atomic mass is 35.5. The van der Waals surface area contributed by atoms with Gasteiger partial charge in [-0.25, -0.2) is 0 Å². The largest absolute Gasteiger partial charge is 0.361 e. The Kier molecular flexibility index (Phi) is 7.85.